The molecule has 3 N–H and O–H groups in total. The molecule has 1 aliphatic rings. The predicted molar refractivity (Wildman–Crippen MR) is 106 cm³/mol. The van der Waals surface area contributed by atoms with E-state index < -0.39 is 11.6 Å². The van der Waals surface area contributed by atoms with Gasteiger partial charge in [0.05, 0.1) is 17.3 Å². The van der Waals surface area contributed by atoms with Gasteiger partial charge in [0.2, 0.25) is 5.91 Å². The Balaban J connectivity index is 1.66. The number of hydrogen-bond donors (Lipinski definition) is 2. The molecule has 0 aliphatic heterocycles. The molecule has 3 rings (SSSR count). The van der Waals surface area contributed by atoms with Crippen LogP contribution < -0.4 is 16.6 Å². The van der Waals surface area contributed by atoms with Gasteiger partial charge in [-0.1, -0.05) is 43.5 Å². The van der Waals surface area contributed by atoms with Gasteiger partial charge in [0, 0.05) is 25.1 Å². The lowest BCUT2D eigenvalue weighted by molar-refractivity contribution is -0.127. The van der Waals surface area contributed by atoms with E-state index in [-0.39, 0.29) is 11.5 Å². The highest BCUT2D eigenvalue weighted by Gasteiger charge is 2.36. The largest absolute Gasteiger partial charge is 0.338 e. The van der Waals surface area contributed by atoms with E-state index in [1.807, 2.05) is 24.3 Å². The summed E-state index contributed by atoms with van der Waals surface area (Å²) in [7, 11) is 1.61. The fourth-order valence-corrected chi connectivity index (χ4v) is 3.54. The third-order valence-electron chi connectivity index (χ3n) is 5.31. The first-order valence-corrected chi connectivity index (χ1v) is 9.54. The number of aromatic nitrogens is 2. The van der Waals surface area contributed by atoms with Crippen LogP contribution in [0.2, 0.25) is 0 Å². The molecule has 1 saturated carbocycles. The van der Waals surface area contributed by atoms with Gasteiger partial charge in [0.1, 0.15) is 6.04 Å². The molecule has 28 heavy (non-hydrogen) atoms. The molecule has 1 amide bonds. The van der Waals surface area contributed by atoms with Gasteiger partial charge in [0.25, 0.3) is 5.56 Å². The molecule has 2 aromatic rings. The standard InChI is InChI=1S/C21H25N5O2/c1-26-19(27)10-9-18(25-26)16-7-5-15(6-8-16)13-17(14-22)24-20(28)21(23)11-3-2-4-12-21/h5-10,17H,2-4,11-13,23H2,1H3,(H,24,28). The first kappa shape index (κ1) is 19.8. The fraction of sp³-hybridized carbons (Fsp3) is 0.429. The quantitative estimate of drug-likeness (QED) is 0.820. The van der Waals surface area contributed by atoms with Gasteiger partial charge in [-0.25, -0.2) is 4.68 Å². The molecule has 7 nitrogen and oxygen atoms in total. The number of nitrogens with zero attached hydrogens (tertiary/aromatic N) is 3. The molecule has 1 aliphatic carbocycles. The van der Waals surface area contributed by atoms with Gasteiger partial charge in [-0.05, 0) is 24.5 Å². The molecule has 1 unspecified atom stereocenters. The maximum Gasteiger partial charge on any atom is 0.266 e. The van der Waals surface area contributed by atoms with E-state index in [4.69, 9.17) is 5.73 Å². The molecular formula is C21H25N5O2. The number of nitrogens with two attached hydrogens (primary N) is 1. The van der Waals surface area contributed by atoms with Crippen LogP contribution >= 0.6 is 0 Å². The van der Waals surface area contributed by atoms with E-state index in [0.717, 1.165) is 30.4 Å². The molecule has 0 saturated heterocycles. The second-order valence-electron chi connectivity index (χ2n) is 7.45. The number of nitriles is 1. The van der Waals surface area contributed by atoms with Crippen molar-refractivity contribution < 1.29 is 4.79 Å². The average Bonchev–Trinajstić information content (AvgIpc) is 2.70. The second-order valence-corrected chi connectivity index (χ2v) is 7.45. The Morgan fingerprint density at radius 1 is 1.25 bits per heavy atom. The number of benzene rings is 1. The number of amides is 1. The van der Waals surface area contributed by atoms with Crippen molar-refractivity contribution in [1.82, 2.24) is 15.1 Å². The number of hydrogen-bond acceptors (Lipinski definition) is 5. The van der Waals surface area contributed by atoms with Crippen LogP contribution in [0.4, 0.5) is 0 Å². The van der Waals surface area contributed by atoms with Crippen molar-refractivity contribution in [3.63, 3.8) is 0 Å². The normalized spacial score (nSPS) is 16.8. The lowest BCUT2D eigenvalue weighted by Gasteiger charge is -2.32. The topological polar surface area (TPSA) is 114 Å². The number of carbonyl (C=O) groups is 1. The van der Waals surface area contributed by atoms with Crippen LogP contribution in [0.1, 0.15) is 37.7 Å². The van der Waals surface area contributed by atoms with Crippen LogP contribution in [0, 0.1) is 11.3 Å². The minimum absolute atomic E-state index is 0.163. The van der Waals surface area contributed by atoms with Gasteiger partial charge in [-0.3, -0.25) is 9.59 Å². The monoisotopic (exact) mass is 379 g/mol. The molecule has 1 fully saturated rings. The van der Waals surface area contributed by atoms with Crippen LogP contribution in [0.25, 0.3) is 11.3 Å². The molecule has 1 heterocycles. The van der Waals surface area contributed by atoms with Gasteiger partial charge in [-0.15, -0.1) is 0 Å². The lowest BCUT2D eigenvalue weighted by atomic mass is 9.81. The van der Waals surface area contributed by atoms with E-state index in [9.17, 15) is 14.9 Å². The first-order chi connectivity index (χ1) is 13.4. The highest BCUT2D eigenvalue weighted by Crippen LogP contribution is 2.26. The zero-order valence-electron chi connectivity index (χ0n) is 16.0. The zero-order chi connectivity index (χ0) is 20.1. The third-order valence-corrected chi connectivity index (χ3v) is 5.31. The molecule has 146 valence electrons. The molecule has 1 aromatic heterocycles. The van der Waals surface area contributed by atoms with E-state index in [2.05, 4.69) is 16.5 Å². The van der Waals surface area contributed by atoms with Crippen molar-refractivity contribution in [3.05, 3.63) is 52.3 Å². The van der Waals surface area contributed by atoms with Gasteiger partial charge in [-0.2, -0.15) is 10.4 Å². The minimum Gasteiger partial charge on any atom is -0.338 e. The Hall–Kier alpha value is -2.98. The number of nitrogens with one attached hydrogen (secondary N) is 1. The highest BCUT2D eigenvalue weighted by atomic mass is 16.2. The maximum absolute atomic E-state index is 12.6. The van der Waals surface area contributed by atoms with Crippen molar-refractivity contribution in [2.24, 2.45) is 12.8 Å². The Bertz CT molecular complexity index is 937. The van der Waals surface area contributed by atoms with Crippen molar-refractivity contribution >= 4 is 5.91 Å². The summed E-state index contributed by atoms with van der Waals surface area (Å²) < 4.78 is 1.29. The molecular weight excluding hydrogens is 354 g/mol. The summed E-state index contributed by atoms with van der Waals surface area (Å²) in [6.45, 7) is 0. The molecule has 7 heteroatoms. The SMILES string of the molecule is Cn1nc(-c2ccc(CC(C#N)NC(=O)C3(N)CCCCC3)cc2)ccc1=O. The van der Waals surface area contributed by atoms with Crippen molar-refractivity contribution in [2.45, 2.75) is 50.1 Å². The van der Waals surface area contributed by atoms with Crippen LogP contribution in [0.5, 0.6) is 0 Å². The number of aryl methyl sites for hydroxylation is 1. The van der Waals surface area contributed by atoms with Crippen molar-refractivity contribution in [3.8, 4) is 17.3 Å². The van der Waals surface area contributed by atoms with Gasteiger partial charge in [0.15, 0.2) is 0 Å². The Labute approximate surface area is 164 Å². The maximum atomic E-state index is 12.6. The first-order valence-electron chi connectivity index (χ1n) is 9.54. The molecule has 1 aromatic carbocycles. The zero-order valence-corrected chi connectivity index (χ0v) is 16.0. The summed E-state index contributed by atoms with van der Waals surface area (Å²) in [6.07, 6.45) is 4.73. The van der Waals surface area contributed by atoms with Gasteiger partial charge >= 0.3 is 0 Å². The van der Waals surface area contributed by atoms with E-state index in [0.29, 0.717) is 25.0 Å². The molecule has 0 bridgehead atoms. The van der Waals surface area contributed by atoms with Crippen LogP contribution in [-0.2, 0) is 18.3 Å². The Kier molecular flexibility index (Phi) is 5.90. The summed E-state index contributed by atoms with van der Waals surface area (Å²) in [5, 5.41) is 16.5. The van der Waals surface area contributed by atoms with Crippen molar-refractivity contribution in [1.29, 1.82) is 5.26 Å². The smallest absolute Gasteiger partial charge is 0.266 e. The summed E-state index contributed by atoms with van der Waals surface area (Å²) in [5.41, 5.74) is 7.73. The van der Waals surface area contributed by atoms with Crippen molar-refractivity contribution in [2.75, 3.05) is 0 Å². The summed E-state index contributed by atoms with van der Waals surface area (Å²) in [5.74, 6) is -0.232. The van der Waals surface area contributed by atoms with E-state index >= 15 is 0 Å². The van der Waals surface area contributed by atoms with Crippen LogP contribution in [0.15, 0.2) is 41.2 Å². The summed E-state index contributed by atoms with van der Waals surface area (Å²) >= 11 is 0. The molecule has 0 spiro atoms. The second kappa shape index (κ2) is 8.36. The molecule has 0 radical (unpaired) electrons. The number of carbonyl (C=O) groups excluding carboxylic acids is 1. The van der Waals surface area contributed by atoms with Gasteiger partial charge < -0.3 is 11.1 Å². The summed E-state index contributed by atoms with van der Waals surface area (Å²) in [4.78, 5) is 24.0. The minimum atomic E-state index is -0.855. The van der Waals surface area contributed by atoms with Crippen LogP contribution in [0.3, 0.4) is 0 Å². The molecule has 1 atom stereocenters. The lowest BCUT2D eigenvalue weighted by Crippen LogP contribution is -2.57. The van der Waals surface area contributed by atoms with Crippen LogP contribution in [-0.4, -0.2) is 27.3 Å². The Morgan fingerprint density at radius 2 is 1.93 bits per heavy atom. The third kappa shape index (κ3) is 4.46. The predicted octanol–water partition coefficient (Wildman–Crippen LogP) is 1.66. The summed E-state index contributed by atoms with van der Waals surface area (Å²) in [6, 6.07) is 12.3. The highest BCUT2D eigenvalue weighted by molar-refractivity contribution is 5.86. The van der Waals surface area contributed by atoms with E-state index in [1.165, 1.54) is 10.7 Å². The fourth-order valence-electron chi connectivity index (χ4n) is 3.54. The average molecular weight is 379 g/mol. The van der Waals surface area contributed by atoms with E-state index in [1.54, 1.807) is 13.1 Å². The number of rotatable bonds is 5. The Morgan fingerprint density at radius 3 is 2.54 bits per heavy atom.